The summed E-state index contributed by atoms with van der Waals surface area (Å²) in [5.41, 5.74) is -1.89. The number of nitrogens with zero attached hydrogens (tertiary/aromatic N) is 3. The maximum absolute atomic E-state index is 14.6. The fraction of sp³-hybridized carbons (Fsp3) is 0.594. The van der Waals surface area contributed by atoms with Crippen LogP contribution in [0.25, 0.3) is 0 Å². The quantitative estimate of drug-likeness (QED) is 0.424. The summed E-state index contributed by atoms with van der Waals surface area (Å²) >= 11 is 0. The zero-order chi connectivity index (χ0) is 29.5. The lowest BCUT2D eigenvalue weighted by Gasteiger charge is -2.43. The molecule has 0 radical (unpaired) electrons. The number of carbonyl (C=O) groups excluding carboxylic acids is 3. The van der Waals surface area contributed by atoms with Crippen LogP contribution in [0.3, 0.4) is 0 Å². The first-order chi connectivity index (χ1) is 18.9. The van der Waals surface area contributed by atoms with Crippen LogP contribution in [0.2, 0.25) is 0 Å². The van der Waals surface area contributed by atoms with Crippen molar-refractivity contribution >= 4 is 17.7 Å². The summed E-state index contributed by atoms with van der Waals surface area (Å²) in [6.07, 6.45) is 5.18. The van der Waals surface area contributed by atoms with E-state index in [0.29, 0.717) is 32.5 Å². The number of hydrogen-bond acceptors (Lipinski definition) is 5. The van der Waals surface area contributed by atoms with Crippen LogP contribution in [0.4, 0.5) is 0 Å². The van der Waals surface area contributed by atoms with Crippen molar-refractivity contribution in [3.8, 4) is 0 Å². The molecule has 3 aliphatic heterocycles. The number of ether oxygens (including phenoxy) is 1. The minimum absolute atomic E-state index is 0.142. The summed E-state index contributed by atoms with van der Waals surface area (Å²) < 4.78 is 6.83. The molecule has 4 rings (SSSR count). The van der Waals surface area contributed by atoms with Crippen LogP contribution in [0, 0.1) is 11.8 Å². The Balaban J connectivity index is 1.89. The van der Waals surface area contributed by atoms with Crippen molar-refractivity contribution in [1.29, 1.82) is 0 Å². The van der Waals surface area contributed by atoms with Gasteiger partial charge in [-0.3, -0.25) is 14.4 Å². The first-order valence-corrected chi connectivity index (χ1v) is 14.4. The van der Waals surface area contributed by atoms with E-state index < -0.39 is 40.7 Å². The van der Waals surface area contributed by atoms with E-state index in [4.69, 9.17) is 4.74 Å². The summed E-state index contributed by atoms with van der Waals surface area (Å²) in [6, 6.07) is 7.50. The summed E-state index contributed by atoms with van der Waals surface area (Å²) in [4.78, 5) is 48.4. The van der Waals surface area contributed by atoms with Crippen molar-refractivity contribution in [3.05, 3.63) is 61.2 Å². The van der Waals surface area contributed by atoms with E-state index in [1.165, 1.54) is 4.90 Å². The predicted molar refractivity (Wildman–Crippen MR) is 154 cm³/mol. The van der Waals surface area contributed by atoms with Crippen molar-refractivity contribution in [2.75, 3.05) is 26.2 Å². The molecule has 3 aliphatic rings. The van der Waals surface area contributed by atoms with Gasteiger partial charge in [0.25, 0.3) is 0 Å². The average molecular weight is 552 g/mol. The maximum Gasteiger partial charge on any atom is 0.249 e. The highest BCUT2D eigenvalue weighted by Crippen LogP contribution is 2.64. The van der Waals surface area contributed by atoms with Crippen LogP contribution in [0.5, 0.6) is 0 Å². The van der Waals surface area contributed by atoms with Gasteiger partial charge in [0, 0.05) is 25.2 Å². The molecule has 0 aliphatic carbocycles. The van der Waals surface area contributed by atoms with Crippen molar-refractivity contribution < 1.29 is 24.2 Å². The number of likely N-dealkylation sites (tertiary alicyclic amines) is 1. The molecule has 0 saturated carbocycles. The molecule has 1 spiro atoms. The molecule has 3 heterocycles. The topological polar surface area (TPSA) is 90.4 Å². The van der Waals surface area contributed by atoms with Gasteiger partial charge >= 0.3 is 0 Å². The van der Waals surface area contributed by atoms with E-state index in [9.17, 15) is 19.5 Å². The minimum Gasteiger partial charge on any atom is -0.394 e. The van der Waals surface area contributed by atoms with Crippen molar-refractivity contribution in [2.24, 2.45) is 11.8 Å². The fourth-order valence-electron chi connectivity index (χ4n) is 7.27. The van der Waals surface area contributed by atoms with Crippen LogP contribution < -0.4 is 0 Å². The van der Waals surface area contributed by atoms with Gasteiger partial charge in [0.05, 0.1) is 30.1 Å². The third-order valence-electron chi connectivity index (χ3n) is 8.95. The Morgan fingerprint density at radius 2 is 1.80 bits per heavy atom. The largest absolute Gasteiger partial charge is 0.394 e. The molecule has 1 N–H and O–H groups in total. The standard InChI is InChI=1S/C32H45N3O5/c1-8-18-33(19-9-2)27(37)24-25-28(38)35(23(21-36)22-14-12-11-13-15-22)26(32(25)17-16-31(24,7)40-32)29(39)34(20-10-3)30(4,5)6/h8,10-15,23-26,36H,1,3,9,16-21H2,2,4-7H3/t23-,24-,25+,26?,31+,32?/m1/s1. The Hall–Kier alpha value is -2.97. The molecule has 2 bridgehead atoms. The normalized spacial score (nSPS) is 29.7. The number of aliphatic hydroxyl groups excluding tert-OH is 1. The monoisotopic (exact) mass is 551 g/mol. The van der Waals surface area contributed by atoms with E-state index >= 15 is 0 Å². The highest BCUT2D eigenvalue weighted by molar-refractivity contribution is 5.99. The van der Waals surface area contributed by atoms with Gasteiger partial charge in [-0.05, 0) is 52.5 Å². The first kappa shape index (κ1) is 30.0. The van der Waals surface area contributed by atoms with E-state index in [-0.39, 0.29) is 24.3 Å². The molecule has 2 unspecified atom stereocenters. The third-order valence-corrected chi connectivity index (χ3v) is 8.95. The molecular weight excluding hydrogens is 506 g/mol. The number of carbonyl (C=O) groups is 3. The molecule has 8 heteroatoms. The highest BCUT2D eigenvalue weighted by Gasteiger charge is 2.79. The van der Waals surface area contributed by atoms with Gasteiger partial charge in [0.2, 0.25) is 17.7 Å². The fourth-order valence-corrected chi connectivity index (χ4v) is 7.27. The van der Waals surface area contributed by atoms with Crippen molar-refractivity contribution in [2.45, 2.75) is 82.7 Å². The second-order valence-electron chi connectivity index (χ2n) is 12.6. The molecule has 218 valence electrons. The van der Waals surface area contributed by atoms with Crippen LogP contribution in [0.1, 0.15) is 65.5 Å². The average Bonchev–Trinajstić information content (AvgIpc) is 3.48. The zero-order valence-corrected chi connectivity index (χ0v) is 24.6. The van der Waals surface area contributed by atoms with E-state index in [1.54, 1.807) is 22.0 Å². The predicted octanol–water partition coefficient (Wildman–Crippen LogP) is 3.72. The van der Waals surface area contributed by atoms with E-state index in [1.807, 2.05) is 65.0 Å². The van der Waals surface area contributed by atoms with E-state index in [0.717, 1.165) is 12.0 Å². The van der Waals surface area contributed by atoms with Gasteiger partial charge in [0.15, 0.2) is 0 Å². The lowest BCUT2D eigenvalue weighted by molar-refractivity contribution is -0.159. The lowest BCUT2D eigenvalue weighted by atomic mass is 9.66. The third kappa shape index (κ3) is 4.69. The summed E-state index contributed by atoms with van der Waals surface area (Å²) in [6.45, 7) is 18.3. The number of hydrogen-bond donors (Lipinski definition) is 1. The molecule has 6 atom stereocenters. The van der Waals surface area contributed by atoms with Gasteiger partial charge in [-0.1, -0.05) is 49.4 Å². The molecule has 3 fully saturated rings. The summed E-state index contributed by atoms with van der Waals surface area (Å²) in [5, 5.41) is 10.7. The molecule has 1 aromatic carbocycles. The Morgan fingerprint density at radius 3 is 2.35 bits per heavy atom. The lowest BCUT2D eigenvalue weighted by Crippen LogP contribution is -2.60. The summed E-state index contributed by atoms with van der Waals surface area (Å²) in [7, 11) is 0. The van der Waals surface area contributed by atoms with Gasteiger partial charge in [-0.2, -0.15) is 0 Å². The SMILES string of the molecule is C=CCN(CCC)C(=O)[C@H]1[C@H]2C(=O)N([C@H](CO)c3ccccc3)C(C(=O)N(CC=C)C(C)(C)C)C23CC[C@]1(C)O3. The Morgan fingerprint density at radius 1 is 1.15 bits per heavy atom. The van der Waals surface area contributed by atoms with Crippen LogP contribution in [0.15, 0.2) is 55.6 Å². The Kier molecular flexibility index (Phi) is 8.35. The minimum atomic E-state index is -1.18. The number of benzene rings is 1. The second-order valence-corrected chi connectivity index (χ2v) is 12.6. The second kappa shape index (κ2) is 11.1. The Labute approximate surface area is 238 Å². The number of amides is 3. The smallest absolute Gasteiger partial charge is 0.249 e. The van der Waals surface area contributed by atoms with Gasteiger partial charge < -0.3 is 24.5 Å². The first-order valence-electron chi connectivity index (χ1n) is 14.4. The Bertz CT molecular complexity index is 1150. The van der Waals surface area contributed by atoms with Crippen LogP contribution in [-0.2, 0) is 19.1 Å². The van der Waals surface area contributed by atoms with Crippen molar-refractivity contribution in [3.63, 3.8) is 0 Å². The van der Waals surface area contributed by atoms with Gasteiger partial charge in [-0.25, -0.2) is 0 Å². The van der Waals surface area contributed by atoms with Crippen LogP contribution >= 0.6 is 0 Å². The number of rotatable bonds is 11. The number of aliphatic hydroxyl groups is 1. The van der Waals surface area contributed by atoms with E-state index in [2.05, 4.69) is 13.2 Å². The zero-order valence-electron chi connectivity index (χ0n) is 24.6. The molecule has 40 heavy (non-hydrogen) atoms. The van der Waals surface area contributed by atoms with Crippen molar-refractivity contribution in [1.82, 2.24) is 14.7 Å². The molecule has 1 aromatic rings. The molecule has 0 aromatic heterocycles. The summed E-state index contributed by atoms with van der Waals surface area (Å²) in [5.74, 6) is -2.29. The molecule has 3 amide bonds. The molecular formula is C32H45N3O5. The maximum atomic E-state index is 14.6. The van der Waals surface area contributed by atoms with Gasteiger partial charge in [-0.15, -0.1) is 13.2 Å². The number of fused-ring (bicyclic) bond motifs is 1. The highest BCUT2D eigenvalue weighted by atomic mass is 16.5. The molecule has 8 nitrogen and oxygen atoms in total. The van der Waals surface area contributed by atoms with Crippen LogP contribution in [-0.4, -0.2) is 86.6 Å². The van der Waals surface area contributed by atoms with Gasteiger partial charge in [0.1, 0.15) is 11.6 Å². The molecule has 3 saturated heterocycles.